The molecular formula is C18H23N3O3S. The zero-order valence-corrected chi connectivity index (χ0v) is 15.9. The van der Waals surface area contributed by atoms with Gasteiger partial charge in [0.05, 0.1) is 29.5 Å². The summed E-state index contributed by atoms with van der Waals surface area (Å²) in [7, 11) is 0. The highest BCUT2D eigenvalue weighted by Crippen LogP contribution is 2.29. The molecule has 0 aliphatic heterocycles. The Labute approximate surface area is 151 Å². The average molecular weight is 361 g/mol. The van der Waals surface area contributed by atoms with Crippen molar-refractivity contribution >= 4 is 28.5 Å². The van der Waals surface area contributed by atoms with Gasteiger partial charge in [-0.25, -0.2) is 4.98 Å². The van der Waals surface area contributed by atoms with Crippen molar-refractivity contribution in [1.29, 1.82) is 0 Å². The maximum atomic E-state index is 11.5. The molecule has 1 N–H and O–H groups in total. The van der Waals surface area contributed by atoms with Crippen LogP contribution in [-0.2, 0) is 0 Å². The lowest BCUT2D eigenvalue weighted by molar-refractivity contribution is 0.102. The number of carbonyl (C=O) groups excluding carboxylic acids is 1. The summed E-state index contributed by atoms with van der Waals surface area (Å²) in [5.41, 5.74) is 4.44. The first-order valence-corrected chi connectivity index (χ1v) is 8.93. The van der Waals surface area contributed by atoms with Crippen LogP contribution >= 0.6 is 11.3 Å². The molecule has 134 valence electrons. The van der Waals surface area contributed by atoms with Crippen LogP contribution < -0.4 is 14.9 Å². The molecule has 6 nitrogen and oxygen atoms in total. The second-order valence-corrected chi connectivity index (χ2v) is 6.66. The van der Waals surface area contributed by atoms with Gasteiger partial charge in [-0.2, -0.15) is 5.10 Å². The van der Waals surface area contributed by atoms with Gasteiger partial charge in [-0.05, 0) is 51.5 Å². The molecule has 2 rings (SSSR count). The third-order valence-electron chi connectivity index (χ3n) is 3.12. The molecule has 0 fully saturated rings. The minimum atomic E-state index is 0.00845. The summed E-state index contributed by atoms with van der Waals surface area (Å²) >= 11 is 1.29. The Balaban J connectivity index is 2.11. The Bertz CT molecular complexity index is 769. The van der Waals surface area contributed by atoms with Gasteiger partial charge >= 0.3 is 0 Å². The van der Waals surface area contributed by atoms with E-state index in [1.165, 1.54) is 18.3 Å². The third-order valence-corrected chi connectivity index (χ3v) is 4.28. The molecule has 1 aromatic heterocycles. The molecule has 1 heterocycles. The number of aryl methyl sites for hydroxylation is 1. The van der Waals surface area contributed by atoms with Gasteiger partial charge in [-0.1, -0.05) is 11.3 Å². The summed E-state index contributed by atoms with van der Waals surface area (Å²) in [5, 5.41) is 4.77. The summed E-state index contributed by atoms with van der Waals surface area (Å²) < 4.78 is 11.4. The molecule has 0 radical (unpaired) electrons. The Morgan fingerprint density at radius 1 is 1.40 bits per heavy atom. The molecule has 0 saturated carbocycles. The molecule has 1 aromatic carbocycles. The second-order valence-electron chi connectivity index (χ2n) is 5.67. The number of anilines is 1. The fourth-order valence-electron chi connectivity index (χ4n) is 2.16. The van der Waals surface area contributed by atoms with Crippen LogP contribution in [0.4, 0.5) is 5.13 Å². The lowest BCUT2D eigenvalue weighted by atomic mass is 10.2. The fraction of sp³-hybridized carbons (Fsp3) is 0.389. The summed E-state index contributed by atoms with van der Waals surface area (Å²) in [6, 6.07) is 5.65. The van der Waals surface area contributed by atoms with E-state index in [4.69, 9.17) is 9.47 Å². The summed E-state index contributed by atoms with van der Waals surface area (Å²) in [6.07, 6.45) is 1.75. The van der Waals surface area contributed by atoms with Gasteiger partial charge in [0, 0.05) is 6.92 Å². The van der Waals surface area contributed by atoms with Crippen LogP contribution in [0.15, 0.2) is 23.3 Å². The molecular weight excluding hydrogens is 338 g/mol. The number of Topliss-reactive ketones (excluding diaryl/α,β-unsaturated/α-hetero) is 1. The number of ether oxygens (including phenoxy) is 2. The fourth-order valence-corrected chi connectivity index (χ4v) is 2.97. The Hall–Kier alpha value is -2.41. The maximum Gasteiger partial charge on any atom is 0.204 e. The normalized spacial score (nSPS) is 11.1. The minimum Gasteiger partial charge on any atom is -0.490 e. The average Bonchev–Trinajstić information content (AvgIpc) is 2.91. The summed E-state index contributed by atoms with van der Waals surface area (Å²) in [6.45, 7) is 9.77. The van der Waals surface area contributed by atoms with E-state index in [2.05, 4.69) is 15.5 Å². The van der Waals surface area contributed by atoms with Crippen LogP contribution in [0.1, 0.15) is 48.6 Å². The number of hydrazone groups is 1. The first-order valence-electron chi connectivity index (χ1n) is 8.11. The standard InChI is InChI=1S/C18H23N3O3S/c1-6-23-16-9-14(7-8-15(16)24-11(2)3)10-19-21-18-20-12(4)17(25-18)13(5)22/h7-11H,6H2,1-5H3,(H,20,21)/b19-10-. The van der Waals surface area contributed by atoms with Gasteiger partial charge in [-0.15, -0.1) is 0 Å². The molecule has 0 unspecified atom stereocenters. The van der Waals surface area contributed by atoms with Gasteiger partial charge in [-0.3, -0.25) is 10.2 Å². The molecule has 0 saturated heterocycles. The van der Waals surface area contributed by atoms with Crippen LogP contribution in [0.2, 0.25) is 0 Å². The molecule has 0 amide bonds. The predicted molar refractivity (Wildman–Crippen MR) is 101 cm³/mol. The van der Waals surface area contributed by atoms with Gasteiger partial charge in [0.15, 0.2) is 17.3 Å². The Morgan fingerprint density at radius 2 is 2.16 bits per heavy atom. The zero-order valence-electron chi connectivity index (χ0n) is 15.1. The molecule has 0 aliphatic rings. The van der Waals surface area contributed by atoms with E-state index in [0.717, 1.165) is 5.56 Å². The smallest absolute Gasteiger partial charge is 0.204 e. The number of thiazole rings is 1. The highest BCUT2D eigenvalue weighted by atomic mass is 32.1. The van der Waals surface area contributed by atoms with Gasteiger partial charge in [0.1, 0.15) is 0 Å². The first kappa shape index (κ1) is 18.9. The van der Waals surface area contributed by atoms with E-state index in [9.17, 15) is 4.79 Å². The molecule has 0 atom stereocenters. The number of nitrogens with zero attached hydrogens (tertiary/aromatic N) is 2. The number of hydrogen-bond acceptors (Lipinski definition) is 7. The van der Waals surface area contributed by atoms with E-state index in [1.807, 2.05) is 45.9 Å². The van der Waals surface area contributed by atoms with Crippen molar-refractivity contribution in [2.45, 2.75) is 40.7 Å². The number of hydrogen-bond donors (Lipinski definition) is 1. The highest BCUT2D eigenvalue weighted by molar-refractivity contribution is 7.17. The van der Waals surface area contributed by atoms with Crippen molar-refractivity contribution in [3.63, 3.8) is 0 Å². The second kappa shape index (κ2) is 8.62. The van der Waals surface area contributed by atoms with Crippen molar-refractivity contribution < 1.29 is 14.3 Å². The SMILES string of the molecule is CCOc1cc(/C=N\Nc2nc(C)c(C(C)=O)s2)ccc1OC(C)C. The summed E-state index contributed by atoms with van der Waals surface area (Å²) in [4.78, 5) is 16.4. The quantitative estimate of drug-likeness (QED) is 0.431. The number of benzene rings is 1. The first-order chi connectivity index (χ1) is 11.9. The molecule has 0 spiro atoms. The Kier molecular flexibility index (Phi) is 6.52. The van der Waals surface area contributed by atoms with Crippen molar-refractivity contribution in [3.8, 4) is 11.5 Å². The van der Waals surface area contributed by atoms with E-state index in [0.29, 0.717) is 33.8 Å². The molecule has 0 aliphatic carbocycles. The number of nitrogens with one attached hydrogen (secondary N) is 1. The summed E-state index contributed by atoms with van der Waals surface area (Å²) in [5.74, 6) is 1.40. The van der Waals surface area contributed by atoms with Crippen LogP contribution in [0.25, 0.3) is 0 Å². The van der Waals surface area contributed by atoms with Crippen molar-refractivity contribution in [2.24, 2.45) is 5.10 Å². The number of carbonyl (C=O) groups is 1. The van der Waals surface area contributed by atoms with Crippen molar-refractivity contribution in [3.05, 3.63) is 34.3 Å². The third kappa shape index (κ3) is 5.29. The van der Waals surface area contributed by atoms with Crippen LogP contribution in [0, 0.1) is 6.92 Å². The van der Waals surface area contributed by atoms with E-state index >= 15 is 0 Å². The van der Waals surface area contributed by atoms with E-state index in [1.54, 1.807) is 6.21 Å². The van der Waals surface area contributed by atoms with E-state index < -0.39 is 0 Å². The van der Waals surface area contributed by atoms with Crippen molar-refractivity contribution in [1.82, 2.24) is 4.98 Å². The van der Waals surface area contributed by atoms with Gasteiger partial charge in [0.2, 0.25) is 5.13 Å². The zero-order chi connectivity index (χ0) is 18.4. The van der Waals surface area contributed by atoms with Crippen LogP contribution in [0.3, 0.4) is 0 Å². The van der Waals surface area contributed by atoms with Gasteiger partial charge in [0.25, 0.3) is 0 Å². The maximum absolute atomic E-state index is 11.5. The Morgan fingerprint density at radius 3 is 2.76 bits per heavy atom. The predicted octanol–water partition coefficient (Wildman–Crippen LogP) is 4.29. The molecule has 25 heavy (non-hydrogen) atoms. The van der Waals surface area contributed by atoms with Crippen LogP contribution in [0.5, 0.6) is 11.5 Å². The molecule has 0 bridgehead atoms. The van der Waals surface area contributed by atoms with Gasteiger partial charge < -0.3 is 9.47 Å². The number of aromatic nitrogens is 1. The van der Waals surface area contributed by atoms with E-state index in [-0.39, 0.29) is 11.9 Å². The minimum absolute atomic E-state index is 0.00845. The number of ketones is 1. The monoisotopic (exact) mass is 361 g/mol. The lowest BCUT2D eigenvalue weighted by Gasteiger charge is -2.14. The van der Waals surface area contributed by atoms with Crippen LogP contribution in [-0.4, -0.2) is 29.7 Å². The molecule has 7 heteroatoms. The molecule has 2 aromatic rings. The largest absolute Gasteiger partial charge is 0.490 e. The number of rotatable bonds is 8. The highest BCUT2D eigenvalue weighted by Gasteiger charge is 2.11. The van der Waals surface area contributed by atoms with Crippen molar-refractivity contribution in [2.75, 3.05) is 12.0 Å². The lowest BCUT2D eigenvalue weighted by Crippen LogP contribution is -2.07. The topological polar surface area (TPSA) is 72.8 Å².